The number of anilines is 1. The molecule has 0 saturated heterocycles. The summed E-state index contributed by atoms with van der Waals surface area (Å²) in [5.41, 5.74) is 9.67. The molecule has 122 valence electrons. The first-order chi connectivity index (χ1) is 11.7. The molecule has 0 aliphatic rings. The van der Waals surface area contributed by atoms with Crippen molar-refractivity contribution in [2.45, 2.75) is 6.54 Å². The number of halogens is 2. The highest BCUT2D eigenvalue weighted by Crippen LogP contribution is 2.32. The maximum atomic E-state index is 12.9. The third-order valence-corrected chi connectivity index (χ3v) is 4.10. The summed E-state index contributed by atoms with van der Waals surface area (Å²) in [6.07, 6.45) is 1.87. The van der Waals surface area contributed by atoms with Crippen molar-refractivity contribution in [3.05, 3.63) is 54.2 Å². The fourth-order valence-corrected chi connectivity index (χ4v) is 2.86. The van der Waals surface area contributed by atoms with Gasteiger partial charge in [-0.2, -0.15) is 5.26 Å². The van der Waals surface area contributed by atoms with Crippen molar-refractivity contribution in [1.82, 2.24) is 4.57 Å². The number of nitrogen functional groups attached to an aromatic ring is 1. The Labute approximate surface area is 138 Å². The van der Waals surface area contributed by atoms with E-state index in [1.807, 2.05) is 29.0 Å². The molecule has 0 atom stereocenters. The lowest BCUT2D eigenvalue weighted by atomic mass is 10.0. The SMILES string of the molecule is N#Cc1cccc(-c2cn(CC(CF)CF)c3cc(N)ccc23)c1. The Hall–Kier alpha value is -2.87. The summed E-state index contributed by atoms with van der Waals surface area (Å²) in [7, 11) is 0. The summed E-state index contributed by atoms with van der Waals surface area (Å²) in [5.74, 6) is -0.680. The van der Waals surface area contributed by atoms with E-state index in [0.717, 1.165) is 22.0 Å². The Morgan fingerprint density at radius 1 is 1.12 bits per heavy atom. The van der Waals surface area contributed by atoms with Crippen LogP contribution in [0.25, 0.3) is 22.0 Å². The third-order valence-electron chi connectivity index (χ3n) is 4.10. The number of nitrogens with zero attached hydrogens (tertiary/aromatic N) is 2. The van der Waals surface area contributed by atoms with E-state index >= 15 is 0 Å². The van der Waals surface area contributed by atoms with E-state index in [0.29, 0.717) is 11.3 Å². The van der Waals surface area contributed by atoms with Crippen LogP contribution >= 0.6 is 0 Å². The van der Waals surface area contributed by atoms with E-state index in [1.165, 1.54) is 0 Å². The fourth-order valence-electron chi connectivity index (χ4n) is 2.86. The Bertz CT molecular complexity index is 905. The highest BCUT2D eigenvalue weighted by Gasteiger charge is 2.15. The zero-order valence-corrected chi connectivity index (χ0v) is 13.0. The van der Waals surface area contributed by atoms with Gasteiger partial charge in [0, 0.05) is 35.3 Å². The van der Waals surface area contributed by atoms with Gasteiger partial charge in [-0.1, -0.05) is 18.2 Å². The summed E-state index contributed by atoms with van der Waals surface area (Å²) in [6.45, 7) is -1.18. The van der Waals surface area contributed by atoms with Crippen LogP contribution in [0.4, 0.5) is 14.5 Å². The summed E-state index contributed by atoms with van der Waals surface area (Å²) in [4.78, 5) is 0. The summed E-state index contributed by atoms with van der Waals surface area (Å²) >= 11 is 0. The maximum absolute atomic E-state index is 12.9. The zero-order valence-electron chi connectivity index (χ0n) is 13.0. The lowest BCUT2D eigenvalue weighted by molar-refractivity contribution is 0.265. The van der Waals surface area contributed by atoms with Gasteiger partial charge < -0.3 is 10.3 Å². The Morgan fingerprint density at radius 2 is 1.92 bits per heavy atom. The minimum absolute atomic E-state index is 0.241. The van der Waals surface area contributed by atoms with Gasteiger partial charge in [-0.3, -0.25) is 8.78 Å². The molecule has 2 N–H and O–H groups in total. The fraction of sp³-hybridized carbons (Fsp3) is 0.211. The summed E-state index contributed by atoms with van der Waals surface area (Å²) in [6, 6.07) is 14.9. The molecule has 1 heterocycles. The number of alkyl halides is 2. The van der Waals surface area contributed by atoms with Crippen molar-refractivity contribution in [3.8, 4) is 17.2 Å². The van der Waals surface area contributed by atoms with Crippen LogP contribution < -0.4 is 5.73 Å². The van der Waals surface area contributed by atoms with Crippen LogP contribution in [-0.4, -0.2) is 17.9 Å². The second-order valence-corrected chi connectivity index (χ2v) is 5.84. The number of nitriles is 1. The molecule has 0 unspecified atom stereocenters. The average Bonchev–Trinajstić information content (AvgIpc) is 2.97. The molecule has 0 fully saturated rings. The van der Waals surface area contributed by atoms with Crippen LogP contribution in [0.2, 0.25) is 0 Å². The second kappa shape index (κ2) is 6.71. The molecule has 0 spiro atoms. The molecule has 24 heavy (non-hydrogen) atoms. The predicted octanol–water partition coefficient (Wildman–Crippen LogP) is 4.32. The van der Waals surface area contributed by atoms with Crippen LogP contribution in [0.1, 0.15) is 5.56 Å². The van der Waals surface area contributed by atoms with Crippen molar-refractivity contribution in [2.24, 2.45) is 5.92 Å². The van der Waals surface area contributed by atoms with Crippen molar-refractivity contribution in [1.29, 1.82) is 5.26 Å². The largest absolute Gasteiger partial charge is 0.399 e. The summed E-state index contributed by atoms with van der Waals surface area (Å²) < 4.78 is 27.7. The molecule has 0 aliphatic carbocycles. The molecule has 5 heteroatoms. The van der Waals surface area contributed by atoms with Gasteiger partial charge >= 0.3 is 0 Å². The number of benzene rings is 2. The van der Waals surface area contributed by atoms with Crippen molar-refractivity contribution < 1.29 is 8.78 Å². The highest BCUT2D eigenvalue weighted by molar-refractivity contribution is 5.97. The minimum atomic E-state index is -0.711. The number of rotatable bonds is 5. The molecule has 0 bridgehead atoms. The van der Waals surface area contributed by atoms with E-state index in [2.05, 4.69) is 6.07 Å². The molecular weight excluding hydrogens is 308 g/mol. The minimum Gasteiger partial charge on any atom is -0.399 e. The molecule has 1 aromatic heterocycles. The molecule has 0 saturated carbocycles. The van der Waals surface area contributed by atoms with Crippen LogP contribution in [0.5, 0.6) is 0 Å². The Balaban J connectivity index is 2.16. The van der Waals surface area contributed by atoms with Crippen molar-refractivity contribution in [3.63, 3.8) is 0 Å². The van der Waals surface area contributed by atoms with E-state index in [-0.39, 0.29) is 6.54 Å². The lowest BCUT2D eigenvalue weighted by Crippen LogP contribution is -2.14. The van der Waals surface area contributed by atoms with Crippen LogP contribution in [0.15, 0.2) is 48.7 Å². The van der Waals surface area contributed by atoms with Crippen LogP contribution in [-0.2, 0) is 6.54 Å². The normalized spacial score (nSPS) is 11.1. The Kier molecular flexibility index (Phi) is 4.48. The molecule has 0 amide bonds. The molecule has 2 aromatic carbocycles. The van der Waals surface area contributed by atoms with Crippen molar-refractivity contribution in [2.75, 3.05) is 19.1 Å². The summed E-state index contributed by atoms with van der Waals surface area (Å²) in [5, 5.41) is 10.0. The lowest BCUT2D eigenvalue weighted by Gasteiger charge is -2.11. The first-order valence-electron chi connectivity index (χ1n) is 7.67. The van der Waals surface area contributed by atoms with E-state index in [9.17, 15) is 8.78 Å². The molecule has 0 radical (unpaired) electrons. The van der Waals surface area contributed by atoms with Gasteiger partial charge in [-0.05, 0) is 29.8 Å². The third kappa shape index (κ3) is 2.95. The van der Waals surface area contributed by atoms with E-state index in [1.54, 1.807) is 24.3 Å². The molecule has 3 rings (SSSR count). The molecule has 3 nitrogen and oxygen atoms in total. The van der Waals surface area contributed by atoms with Gasteiger partial charge in [-0.15, -0.1) is 0 Å². The number of fused-ring (bicyclic) bond motifs is 1. The number of aromatic nitrogens is 1. The second-order valence-electron chi connectivity index (χ2n) is 5.84. The van der Waals surface area contributed by atoms with Crippen LogP contribution in [0, 0.1) is 17.2 Å². The van der Waals surface area contributed by atoms with Gasteiger partial charge in [0.1, 0.15) is 0 Å². The van der Waals surface area contributed by atoms with Gasteiger partial charge in [-0.25, -0.2) is 0 Å². The smallest absolute Gasteiger partial charge is 0.0991 e. The van der Waals surface area contributed by atoms with E-state index in [4.69, 9.17) is 11.0 Å². The Morgan fingerprint density at radius 3 is 2.62 bits per heavy atom. The molecule has 3 aromatic rings. The van der Waals surface area contributed by atoms with Gasteiger partial charge in [0.05, 0.1) is 30.5 Å². The van der Waals surface area contributed by atoms with E-state index < -0.39 is 19.3 Å². The predicted molar refractivity (Wildman–Crippen MR) is 91.9 cm³/mol. The zero-order chi connectivity index (χ0) is 17.1. The number of nitrogens with two attached hydrogens (primary N) is 1. The highest BCUT2D eigenvalue weighted by atomic mass is 19.1. The monoisotopic (exact) mass is 325 g/mol. The average molecular weight is 325 g/mol. The van der Waals surface area contributed by atoms with Gasteiger partial charge in [0.25, 0.3) is 0 Å². The number of hydrogen-bond acceptors (Lipinski definition) is 2. The van der Waals surface area contributed by atoms with Gasteiger partial charge in [0.2, 0.25) is 0 Å². The quantitative estimate of drug-likeness (QED) is 0.710. The maximum Gasteiger partial charge on any atom is 0.0991 e. The topological polar surface area (TPSA) is 54.7 Å². The van der Waals surface area contributed by atoms with Gasteiger partial charge in [0.15, 0.2) is 0 Å². The molecular formula is C19H17F2N3. The molecule has 0 aliphatic heterocycles. The van der Waals surface area contributed by atoms with Crippen LogP contribution in [0.3, 0.4) is 0 Å². The first-order valence-corrected chi connectivity index (χ1v) is 7.67. The number of hydrogen-bond donors (Lipinski definition) is 1. The first kappa shape index (κ1) is 16.0. The van der Waals surface area contributed by atoms with Crippen molar-refractivity contribution >= 4 is 16.6 Å². The standard InChI is InChI=1S/C19H17F2N3/c20-8-14(9-21)11-24-12-18(15-3-1-2-13(6-15)10-22)17-5-4-16(23)7-19(17)24/h1-7,12,14H,8-9,11,23H2.